The van der Waals surface area contributed by atoms with E-state index in [1.165, 1.54) is 42.5 Å². The van der Waals surface area contributed by atoms with Crippen LogP contribution in [-0.4, -0.2) is 23.2 Å². The van der Waals surface area contributed by atoms with Gasteiger partial charge in [0.15, 0.2) is 4.75 Å². The second kappa shape index (κ2) is 7.87. The summed E-state index contributed by atoms with van der Waals surface area (Å²) < 4.78 is 33.9. The minimum atomic E-state index is -5.09. The largest absolute Gasteiger partial charge is 0.508 e. The van der Waals surface area contributed by atoms with Gasteiger partial charge in [0.1, 0.15) is 11.5 Å². The highest BCUT2D eigenvalue weighted by Crippen LogP contribution is 2.51. The first-order chi connectivity index (χ1) is 13.5. The Bertz CT molecular complexity index is 1200. The molecule has 3 N–H and O–H groups in total. The van der Waals surface area contributed by atoms with Crippen LogP contribution in [0.1, 0.15) is 16.7 Å². The maximum Gasteiger partial charge on any atom is 0.283 e. The topological polar surface area (TPSA) is 94.8 Å². The van der Waals surface area contributed by atoms with E-state index in [4.69, 9.17) is 46.4 Å². The summed E-state index contributed by atoms with van der Waals surface area (Å²) in [4.78, 5) is 0. The first kappa shape index (κ1) is 22.0. The standard InChI is InChI=1S/C19H12Cl4O5S/c20-11-3-1-10(2-4-11)19(29(26,27)28,14-6-5-12(21)7-16(14)22)15-8-13(24)9-17(23)18(15)25/h1-9,24-25H,(H,26,27,28). The van der Waals surface area contributed by atoms with Gasteiger partial charge in [0, 0.05) is 32.3 Å². The third-order valence-corrected chi connectivity index (χ3v) is 6.91. The van der Waals surface area contributed by atoms with Crippen molar-refractivity contribution in [3.8, 4) is 11.5 Å². The van der Waals surface area contributed by atoms with E-state index in [-0.39, 0.29) is 26.2 Å². The summed E-state index contributed by atoms with van der Waals surface area (Å²) in [5, 5.41) is 20.8. The minimum absolute atomic E-state index is 0.00871. The monoisotopic (exact) mass is 492 g/mol. The number of phenols is 2. The molecule has 1 atom stereocenters. The van der Waals surface area contributed by atoms with E-state index in [2.05, 4.69) is 0 Å². The number of aromatic hydroxyl groups is 2. The molecule has 1 unspecified atom stereocenters. The van der Waals surface area contributed by atoms with Crippen molar-refractivity contribution in [2.75, 3.05) is 0 Å². The van der Waals surface area contributed by atoms with E-state index in [0.717, 1.165) is 12.1 Å². The summed E-state index contributed by atoms with van der Waals surface area (Å²) in [7, 11) is -5.09. The Labute approximate surface area is 186 Å². The van der Waals surface area contributed by atoms with Gasteiger partial charge in [-0.3, -0.25) is 4.55 Å². The lowest BCUT2D eigenvalue weighted by atomic mass is 9.83. The Balaban J connectivity index is 2.61. The fraction of sp³-hybridized carbons (Fsp3) is 0.0526. The van der Waals surface area contributed by atoms with Crippen LogP contribution < -0.4 is 0 Å². The van der Waals surface area contributed by atoms with Crippen LogP contribution in [0.25, 0.3) is 0 Å². The number of hydrogen-bond acceptors (Lipinski definition) is 4. The van der Waals surface area contributed by atoms with Crippen molar-refractivity contribution in [3.63, 3.8) is 0 Å². The predicted molar refractivity (Wildman–Crippen MR) is 114 cm³/mol. The molecule has 0 aromatic heterocycles. The molecule has 0 radical (unpaired) electrons. The van der Waals surface area contributed by atoms with E-state index < -0.39 is 31.9 Å². The smallest absolute Gasteiger partial charge is 0.283 e. The summed E-state index contributed by atoms with van der Waals surface area (Å²) in [6.07, 6.45) is 0. The molecular weight excluding hydrogens is 482 g/mol. The average Bonchev–Trinajstić information content (AvgIpc) is 2.61. The molecule has 3 aromatic rings. The lowest BCUT2D eigenvalue weighted by Crippen LogP contribution is -2.38. The maximum absolute atomic E-state index is 12.9. The van der Waals surface area contributed by atoms with Crippen LogP contribution in [0.4, 0.5) is 0 Å². The second-order valence-corrected chi connectivity index (χ2v) is 9.36. The highest BCUT2D eigenvalue weighted by molar-refractivity contribution is 7.87. The SMILES string of the molecule is O=S(=O)(O)C(c1ccc(Cl)cc1)(c1ccc(Cl)cc1Cl)c1cc(O)cc(Cl)c1O. The van der Waals surface area contributed by atoms with Crippen molar-refractivity contribution in [1.29, 1.82) is 0 Å². The van der Waals surface area contributed by atoms with Gasteiger partial charge in [-0.25, -0.2) is 0 Å². The molecule has 0 saturated carbocycles. The van der Waals surface area contributed by atoms with Gasteiger partial charge in [-0.1, -0.05) is 64.6 Å². The van der Waals surface area contributed by atoms with E-state index in [1.54, 1.807) is 0 Å². The Hall–Kier alpha value is -1.67. The summed E-state index contributed by atoms with van der Waals surface area (Å²) in [6, 6.07) is 11.5. The molecule has 152 valence electrons. The Kier molecular flexibility index (Phi) is 5.98. The molecule has 0 saturated heterocycles. The first-order valence-corrected chi connectivity index (χ1v) is 10.8. The lowest BCUT2D eigenvalue weighted by molar-refractivity contribution is 0.435. The molecule has 0 bridgehead atoms. The van der Waals surface area contributed by atoms with E-state index >= 15 is 0 Å². The van der Waals surface area contributed by atoms with E-state index in [0.29, 0.717) is 5.02 Å². The maximum atomic E-state index is 12.9. The summed E-state index contributed by atoms with van der Waals surface area (Å²) in [5.41, 5.74) is -0.535. The molecule has 5 nitrogen and oxygen atoms in total. The van der Waals surface area contributed by atoms with E-state index in [1.807, 2.05) is 0 Å². The van der Waals surface area contributed by atoms with Crippen molar-refractivity contribution < 1.29 is 23.2 Å². The summed E-state index contributed by atoms with van der Waals surface area (Å²) in [6.45, 7) is 0. The van der Waals surface area contributed by atoms with Crippen molar-refractivity contribution in [2.45, 2.75) is 4.75 Å². The molecule has 3 aromatic carbocycles. The zero-order valence-electron chi connectivity index (χ0n) is 14.3. The molecule has 0 fully saturated rings. The van der Waals surface area contributed by atoms with Crippen LogP contribution in [0.15, 0.2) is 54.6 Å². The van der Waals surface area contributed by atoms with Gasteiger partial charge in [0.25, 0.3) is 10.1 Å². The van der Waals surface area contributed by atoms with Crippen molar-refractivity contribution in [3.05, 3.63) is 91.4 Å². The molecule has 29 heavy (non-hydrogen) atoms. The quantitative estimate of drug-likeness (QED) is 0.239. The van der Waals surface area contributed by atoms with Crippen LogP contribution in [0.3, 0.4) is 0 Å². The van der Waals surface area contributed by atoms with Gasteiger partial charge in [0.05, 0.1) is 5.02 Å². The van der Waals surface area contributed by atoms with Crippen LogP contribution >= 0.6 is 46.4 Å². The number of rotatable bonds is 4. The molecule has 0 aliphatic heterocycles. The summed E-state index contributed by atoms with van der Waals surface area (Å²) >= 11 is 24.2. The van der Waals surface area contributed by atoms with Crippen LogP contribution in [0, 0.1) is 0 Å². The van der Waals surface area contributed by atoms with Crippen molar-refractivity contribution >= 4 is 56.5 Å². The Morgan fingerprint density at radius 1 is 0.724 bits per heavy atom. The van der Waals surface area contributed by atoms with Gasteiger partial charge in [-0.2, -0.15) is 8.42 Å². The highest BCUT2D eigenvalue weighted by atomic mass is 35.5. The first-order valence-electron chi connectivity index (χ1n) is 7.89. The van der Waals surface area contributed by atoms with E-state index in [9.17, 15) is 23.2 Å². The fourth-order valence-corrected chi connectivity index (χ4v) is 5.46. The molecule has 0 spiro atoms. The van der Waals surface area contributed by atoms with Gasteiger partial charge in [-0.15, -0.1) is 0 Å². The van der Waals surface area contributed by atoms with Crippen LogP contribution in [-0.2, 0) is 14.9 Å². The second-order valence-electron chi connectivity index (χ2n) is 6.11. The Morgan fingerprint density at radius 3 is 1.86 bits per heavy atom. The minimum Gasteiger partial charge on any atom is -0.508 e. The van der Waals surface area contributed by atoms with Gasteiger partial charge >= 0.3 is 0 Å². The average molecular weight is 494 g/mol. The van der Waals surface area contributed by atoms with Crippen LogP contribution in [0.5, 0.6) is 11.5 Å². The van der Waals surface area contributed by atoms with Crippen molar-refractivity contribution in [1.82, 2.24) is 0 Å². The number of benzene rings is 3. The van der Waals surface area contributed by atoms with Gasteiger partial charge < -0.3 is 10.2 Å². The number of phenolic OH excluding ortho intramolecular Hbond substituents is 2. The highest BCUT2D eigenvalue weighted by Gasteiger charge is 2.51. The van der Waals surface area contributed by atoms with Crippen LogP contribution in [0.2, 0.25) is 20.1 Å². The molecule has 0 aliphatic carbocycles. The number of hydrogen-bond donors (Lipinski definition) is 3. The molecule has 0 heterocycles. The molecule has 3 rings (SSSR count). The van der Waals surface area contributed by atoms with Gasteiger partial charge in [-0.05, 0) is 35.9 Å². The van der Waals surface area contributed by atoms with Crippen molar-refractivity contribution in [2.24, 2.45) is 0 Å². The number of halogens is 4. The van der Waals surface area contributed by atoms with Gasteiger partial charge in [0.2, 0.25) is 0 Å². The normalized spacial score (nSPS) is 13.8. The fourth-order valence-electron chi connectivity index (χ4n) is 3.20. The molecule has 10 heteroatoms. The Morgan fingerprint density at radius 2 is 1.31 bits per heavy atom. The third kappa shape index (κ3) is 3.77. The summed E-state index contributed by atoms with van der Waals surface area (Å²) in [5.74, 6) is -1.10. The zero-order chi connectivity index (χ0) is 21.6. The molecule has 0 aliphatic rings. The lowest BCUT2D eigenvalue weighted by Gasteiger charge is -2.34. The molecular formula is C19H12Cl4O5S. The molecule has 0 amide bonds. The predicted octanol–water partition coefficient (Wildman–Crippen LogP) is 5.89. The zero-order valence-corrected chi connectivity index (χ0v) is 18.1. The third-order valence-electron chi connectivity index (χ3n) is 4.38.